The summed E-state index contributed by atoms with van der Waals surface area (Å²) in [6.45, 7) is 8.62. The van der Waals surface area contributed by atoms with Crippen molar-refractivity contribution in [3.8, 4) is 0 Å². The minimum atomic E-state index is -3.30. The van der Waals surface area contributed by atoms with Crippen molar-refractivity contribution in [3.05, 3.63) is 130 Å². The summed E-state index contributed by atoms with van der Waals surface area (Å²) in [5.41, 5.74) is 8.84. The Balaban J connectivity index is 0.674. The van der Waals surface area contributed by atoms with Crippen LogP contribution in [0.5, 0.6) is 0 Å². The van der Waals surface area contributed by atoms with Gasteiger partial charge < -0.3 is 14.5 Å². The summed E-state index contributed by atoms with van der Waals surface area (Å²) >= 11 is 0. The molecule has 4 heterocycles. The molecule has 2 N–H and O–H groups in total. The summed E-state index contributed by atoms with van der Waals surface area (Å²) < 4.78 is 42.1. The van der Waals surface area contributed by atoms with E-state index in [0.717, 1.165) is 102 Å². The first-order chi connectivity index (χ1) is 30.4. The van der Waals surface area contributed by atoms with Crippen LogP contribution in [0.3, 0.4) is 0 Å². The van der Waals surface area contributed by atoms with E-state index >= 15 is 0 Å². The van der Waals surface area contributed by atoms with E-state index in [4.69, 9.17) is 0 Å². The lowest BCUT2D eigenvalue weighted by molar-refractivity contribution is -0.133. The van der Waals surface area contributed by atoms with Crippen molar-refractivity contribution in [2.75, 3.05) is 60.7 Å². The van der Waals surface area contributed by atoms with Crippen molar-refractivity contribution < 1.29 is 22.2 Å². The second-order valence-electron chi connectivity index (χ2n) is 18.8. The molecule has 5 atom stereocenters. The Bertz CT molecular complexity index is 2360. The van der Waals surface area contributed by atoms with Crippen LogP contribution in [0, 0.1) is 12.8 Å². The van der Waals surface area contributed by atoms with Crippen molar-refractivity contribution in [3.63, 3.8) is 0 Å². The van der Waals surface area contributed by atoms with Crippen LogP contribution in [0.1, 0.15) is 96.1 Å². The largest absolute Gasteiger partial charge is 0.337 e. The minimum Gasteiger partial charge on any atom is -0.337 e. The average Bonchev–Trinajstić information content (AvgIpc) is 3.81. The number of benzene rings is 4. The van der Waals surface area contributed by atoms with E-state index in [0.29, 0.717) is 48.2 Å². The highest BCUT2D eigenvalue weighted by atomic mass is 32.2. The second kappa shape index (κ2) is 18.9. The van der Waals surface area contributed by atoms with Crippen LogP contribution in [0.4, 0.5) is 11.4 Å². The summed E-state index contributed by atoms with van der Waals surface area (Å²) in [4.78, 5) is 35.7. The number of aryl methyl sites for hydroxylation is 1. The molecular formula is C50H62N6O5S2. The normalized spacial score (nSPS) is 24.5. The molecule has 0 aromatic heterocycles. The maximum Gasteiger partial charge on any atom is 0.240 e. The number of nitrogens with zero attached hydrogens (tertiary/aromatic N) is 4. The van der Waals surface area contributed by atoms with Crippen molar-refractivity contribution in [2.45, 2.75) is 94.8 Å². The molecule has 13 heteroatoms. The van der Waals surface area contributed by atoms with Gasteiger partial charge in [-0.15, -0.1) is 0 Å². The van der Waals surface area contributed by atoms with Gasteiger partial charge in [-0.2, -0.15) is 0 Å². The fourth-order valence-electron chi connectivity index (χ4n) is 10.6. The predicted octanol–water partition coefficient (Wildman–Crippen LogP) is 7.21. The van der Waals surface area contributed by atoms with Gasteiger partial charge in [0, 0.05) is 43.3 Å². The van der Waals surface area contributed by atoms with E-state index in [1.165, 1.54) is 27.8 Å². The molecule has 63 heavy (non-hydrogen) atoms. The zero-order valence-electron chi connectivity index (χ0n) is 36.7. The Morgan fingerprint density at radius 2 is 1.03 bits per heavy atom. The number of sulfonamides is 1. The molecule has 11 nitrogen and oxygen atoms in total. The van der Waals surface area contributed by atoms with Crippen molar-refractivity contribution in [1.82, 2.24) is 19.6 Å². The molecule has 4 aliphatic heterocycles. The van der Waals surface area contributed by atoms with E-state index < -0.39 is 21.0 Å². The number of hydrogen-bond donors (Lipinski definition) is 2. The third-order valence-electron chi connectivity index (χ3n) is 14.3. The number of piperidine rings is 2. The smallest absolute Gasteiger partial charge is 0.240 e. The molecular weight excluding hydrogens is 829 g/mol. The Kier molecular flexibility index (Phi) is 13.1. The van der Waals surface area contributed by atoms with Crippen molar-refractivity contribution >= 4 is 44.2 Å². The number of anilines is 2. The van der Waals surface area contributed by atoms with E-state index in [-0.39, 0.29) is 23.9 Å². The number of likely N-dealkylation sites (tertiary alicyclic amines) is 4. The van der Waals surface area contributed by atoms with Gasteiger partial charge in [0.15, 0.2) is 0 Å². The van der Waals surface area contributed by atoms with E-state index in [9.17, 15) is 22.2 Å². The molecule has 3 unspecified atom stereocenters. The number of hydrogen-bond acceptors (Lipinski definition) is 7. The third-order valence-corrected chi connectivity index (χ3v) is 16.1. The molecule has 9 rings (SSSR count). The second-order valence-corrected chi connectivity index (χ2v) is 21.8. The monoisotopic (exact) mass is 890 g/mol. The predicted molar refractivity (Wildman–Crippen MR) is 251 cm³/mol. The maximum absolute atomic E-state index is 13.6. The Hall–Kier alpha value is -4.56. The summed E-state index contributed by atoms with van der Waals surface area (Å²) in [6, 6.07) is 33.3. The average molecular weight is 891 g/mol. The SMILES string of the molecule is Cc1ccc(CN2CC[C@@H](N3CCC(c4ccc(NS(=O)CC5CC5c5ccc(CN6CC[C@@H](N7CCC(c8ccc(NS(C)(=O)=O)cc8)CC7)C6=O)cc5)cc4)CC3)C2=O)cc1. The van der Waals surface area contributed by atoms with E-state index in [2.05, 4.69) is 99.0 Å². The highest BCUT2D eigenvalue weighted by molar-refractivity contribution is 7.92. The first kappa shape index (κ1) is 43.7. The Morgan fingerprint density at radius 3 is 1.51 bits per heavy atom. The standard InChI is InChI=1S/C50H62N6O5S2/c1-35-3-5-36(6-4-35)32-55-29-23-47(49(55)57)53-25-19-40(20-26-53)38-11-15-44(16-12-38)51-62(59)34-43-31-46(43)42-9-7-37(8-10-42)33-56-30-24-48(50(56)58)54-27-21-41(22-28-54)39-13-17-45(18-14-39)52-63(2,60)61/h3-18,40-41,43,46-48,51-52H,19-34H2,1-2H3/t43?,46?,47-,48-,62?/m1/s1. The first-order valence-corrected chi connectivity index (χ1v) is 26.2. The summed E-state index contributed by atoms with van der Waals surface area (Å²) in [5.74, 6) is 2.78. The van der Waals surface area contributed by atoms with Crippen LogP contribution >= 0.6 is 0 Å². The van der Waals surface area contributed by atoms with Crippen LogP contribution in [0.25, 0.3) is 0 Å². The molecule has 0 radical (unpaired) electrons. The fourth-order valence-corrected chi connectivity index (χ4v) is 12.4. The van der Waals surface area contributed by atoms with Crippen LogP contribution in [0.2, 0.25) is 0 Å². The Labute approximate surface area is 376 Å². The lowest BCUT2D eigenvalue weighted by Crippen LogP contribution is -2.45. The molecule has 4 aromatic rings. The van der Waals surface area contributed by atoms with Gasteiger partial charge in [0.05, 0.1) is 18.3 Å². The number of carbonyl (C=O) groups is 2. The van der Waals surface area contributed by atoms with Gasteiger partial charge in [0.1, 0.15) is 11.0 Å². The quantitative estimate of drug-likeness (QED) is 0.130. The zero-order valence-corrected chi connectivity index (χ0v) is 38.3. The fraction of sp³-hybridized carbons (Fsp3) is 0.480. The van der Waals surface area contributed by atoms with E-state index in [1.807, 2.05) is 34.1 Å². The van der Waals surface area contributed by atoms with Gasteiger partial charge >= 0.3 is 0 Å². The zero-order chi connectivity index (χ0) is 43.7. The molecule has 1 saturated carbocycles. The lowest BCUT2D eigenvalue weighted by atomic mass is 9.88. The highest BCUT2D eigenvalue weighted by Crippen LogP contribution is 2.48. The maximum atomic E-state index is 13.6. The molecule has 0 bridgehead atoms. The molecule has 4 saturated heterocycles. The van der Waals surface area contributed by atoms with E-state index in [1.54, 1.807) is 0 Å². The lowest BCUT2D eigenvalue weighted by Gasteiger charge is -2.35. The summed E-state index contributed by atoms with van der Waals surface area (Å²) in [6.07, 6.45) is 7.99. The van der Waals surface area contributed by atoms with Crippen LogP contribution in [-0.2, 0) is 43.7 Å². The van der Waals surface area contributed by atoms with Gasteiger partial charge in [-0.05, 0) is 154 Å². The summed E-state index contributed by atoms with van der Waals surface area (Å²) in [5, 5.41) is 0. The third kappa shape index (κ3) is 10.7. The number of amides is 2. The van der Waals surface area contributed by atoms with Gasteiger partial charge in [-0.25, -0.2) is 12.6 Å². The van der Waals surface area contributed by atoms with Gasteiger partial charge in [-0.3, -0.25) is 24.1 Å². The molecule has 4 aromatic carbocycles. The Morgan fingerprint density at radius 1 is 0.587 bits per heavy atom. The topological polar surface area (TPSA) is 122 Å². The molecule has 0 spiro atoms. The number of nitrogens with one attached hydrogen (secondary N) is 2. The molecule has 2 amide bonds. The molecule has 5 aliphatic rings. The molecule has 5 fully saturated rings. The highest BCUT2D eigenvalue weighted by Gasteiger charge is 2.41. The number of carbonyl (C=O) groups excluding carboxylic acids is 2. The summed E-state index contributed by atoms with van der Waals surface area (Å²) in [7, 11) is -4.47. The minimum absolute atomic E-state index is 0.000652. The number of rotatable bonds is 15. The van der Waals surface area contributed by atoms with Gasteiger partial charge in [0.2, 0.25) is 21.8 Å². The molecule has 334 valence electrons. The van der Waals surface area contributed by atoms with Gasteiger partial charge in [0.25, 0.3) is 0 Å². The van der Waals surface area contributed by atoms with Crippen LogP contribution < -0.4 is 9.44 Å². The molecule has 1 aliphatic carbocycles. The van der Waals surface area contributed by atoms with Crippen LogP contribution in [0.15, 0.2) is 97.1 Å². The van der Waals surface area contributed by atoms with Crippen molar-refractivity contribution in [1.29, 1.82) is 0 Å². The first-order valence-electron chi connectivity index (χ1n) is 23.0. The van der Waals surface area contributed by atoms with Crippen molar-refractivity contribution in [2.24, 2.45) is 5.92 Å². The van der Waals surface area contributed by atoms with Gasteiger partial charge in [-0.1, -0.05) is 78.4 Å². The van der Waals surface area contributed by atoms with Crippen LogP contribution in [-0.4, -0.2) is 107 Å².